The Hall–Kier alpha value is -3.81. The molecule has 4 amide bonds. The minimum Gasteiger partial charge on any atom is -0.483 e. The van der Waals surface area contributed by atoms with Gasteiger partial charge in [-0.05, 0) is 45.6 Å². The van der Waals surface area contributed by atoms with E-state index >= 15 is 0 Å². The lowest BCUT2D eigenvalue weighted by molar-refractivity contribution is -0.147. The molecule has 6 atom stereocenters. The molecule has 3 fully saturated rings. The molecule has 248 valence electrons. The van der Waals surface area contributed by atoms with Crippen molar-refractivity contribution in [1.29, 1.82) is 0 Å². The van der Waals surface area contributed by atoms with Crippen LogP contribution in [0, 0.1) is 0 Å². The number of rotatable bonds is 4. The summed E-state index contributed by atoms with van der Waals surface area (Å²) in [7, 11) is 1.56. The Bertz CT molecular complexity index is 1210. The average Bonchev–Trinajstić information content (AvgIpc) is 3.51. The highest BCUT2D eigenvalue weighted by Gasteiger charge is 2.41. The van der Waals surface area contributed by atoms with Gasteiger partial charge in [0.05, 0.1) is 18.7 Å². The van der Waals surface area contributed by atoms with Crippen LogP contribution >= 0.6 is 0 Å². The van der Waals surface area contributed by atoms with Gasteiger partial charge < -0.3 is 35.4 Å². The van der Waals surface area contributed by atoms with Gasteiger partial charge in [-0.1, -0.05) is 42.0 Å². The van der Waals surface area contributed by atoms with Crippen molar-refractivity contribution in [2.45, 2.75) is 82.8 Å². The van der Waals surface area contributed by atoms with E-state index in [1.807, 2.05) is 55.2 Å². The van der Waals surface area contributed by atoms with Crippen molar-refractivity contribution in [1.82, 2.24) is 25.3 Å². The van der Waals surface area contributed by atoms with E-state index in [0.717, 1.165) is 11.1 Å². The predicted octanol–water partition coefficient (Wildman–Crippen LogP) is 0.169. The Labute approximate surface area is 264 Å². The number of carbonyl (C=O) groups is 5. The molecule has 3 aliphatic heterocycles. The topological polar surface area (TPSA) is 169 Å². The number of allylic oxidation sites excluding steroid dienone is 1. The molecule has 1 unspecified atom stereocenters. The molecule has 0 spiro atoms. The van der Waals surface area contributed by atoms with E-state index in [1.54, 1.807) is 18.9 Å². The van der Waals surface area contributed by atoms with Crippen LogP contribution in [-0.2, 0) is 35.1 Å². The SMILES string of the molecule is CC(C)=CCN1CC(=O)N2CCC[C@H]2C(=O)N(C)[C@@H](C)C(=O)NC(Cc2ccccc2)C(=O)N[C@H]2CCO[C@H](C1)[C@H]2O.O=CO. The number of aliphatic hydroxyl groups excluding tert-OH is 1. The Morgan fingerprint density at radius 3 is 2.42 bits per heavy atom. The van der Waals surface area contributed by atoms with Gasteiger partial charge in [-0.2, -0.15) is 0 Å². The fourth-order valence-corrected chi connectivity index (χ4v) is 5.80. The number of carboxylic acid groups (broad SMARTS) is 1. The standard InChI is InChI=1S/C31H45N5O6.CH2O2/c1-20(2)12-15-35-18-26-28(38)23(13-16-42-26)32-30(40)24(17-22-9-6-5-7-10-22)33-29(39)21(3)34(4)31(41)25-11-8-14-36(25)27(37)19-35;2-1-3/h5-7,9-10,12,21,23-26,28,38H,8,11,13-19H2,1-4H3,(H,32,40)(H,33,39);1H,(H,2,3)/t21-,23-,24?,25-,26+,28-;/m0./s1. The second-order valence-electron chi connectivity index (χ2n) is 12.0. The van der Waals surface area contributed by atoms with Crippen LogP contribution in [0.15, 0.2) is 42.0 Å². The summed E-state index contributed by atoms with van der Waals surface area (Å²) in [6.07, 6.45) is 2.22. The minimum atomic E-state index is -1.01. The minimum absolute atomic E-state index is 0.0517. The number of nitrogens with zero attached hydrogens (tertiary/aromatic N) is 3. The maximum atomic E-state index is 13.6. The van der Waals surface area contributed by atoms with Crippen molar-refractivity contribution >= 4 is 30.1 Å². The van der Waals surface area contributed by atoms with Crippen LogP contribution in [0.4, 0.5) is 0 Å². The molecule has 2 bridgehead atoms. The monoisotopic (exact) mass is 629 g/mol. The fraction of sp³-hybridized carbons (Fsp3) is 0.594. The number of ether oxygens (including phenoxy) is 1. The lowest BCUT2D eigenvalue weighted by Gasteiger charge is -2.38. The van der Waals surface area contributed by atoms with Gasteiger partial charge in [0.1, 0.15) is 24.2 Å². The van der Waals surface area contributed by atoms with Crippen molar-refractivity contribution in [3.8, 4) is 0 Å². The molecule has 3 saturated heterocycles. The quantitative estimate of drug-likeness (QED) is 0.268. The summed E-state index contributed by atoms with van der Waals surface area (Å²) in [4.78, 5) is 67.5. The molecule has 13 nitrogen and oxygen atoms in total. The molecule has 3 heterocycles. The molecule has 1 aromatic rings. The van der Waals surface area contributed by atoms with E-state index in [-0.39, 0.29) is 37.8 Å². The largest absolute Gasteiger partial charge is 0.483 e. The first-order valence-corrected chi connectivity index (χ1v) is 15.4. The Kier molecular flexibility index (Phi) is 13.5. The van der Waals surface area contributed by atoms with Crippen molar-refractivity contribution in [3.05, 3.63) is 47.5 Å². The molecule has 13 heteroatoms. The highest BCUT2D eigenvalue weighted by Crippen LogP contribution is 2.22. The zero-order valence-electron chi connectivity index (χ0n) is 26.6. The predicted molar refractivity (Wildman–Crippen MR) is 166 cm³/mol. The van der Waals surface area contributed by atoms with Crippen molar-refractivity contribution in [2.75, 3.05) is 39.8 Å². The van der Waals surface area contributed by atoms with Gasteiger partial charge in [0.15, 0.2) is 0 Å². The van der Waals surface area contributed by atoms with Gasteiger partial charge in [-0.15, -0.1) is 0 Å². The van der Waals surface area contributed by atoms with E-state index in [4.69, 9.17) is 14.6 Å². The number of fused-ring (bicyclic) bond motifs is 3. The lowest BCUT2D eigenvalue weighted by Crippen LogP contribution is -2.60. The van der Waals surface area contributed by atoms with Gasteiger partial charge in [-0.25, -0.2) is 0 Å². The highest BCUT2D eigenvalue weighted by atomic mass is 16.5. The van der Waals surface area contributed by atoms with Gasteiger partial charge in [0, 0.05) is 39.7 Å². The third kappa shape index (κ3) is 9.84. The van der Waals surface area contributed by atoms with Crippen molar-refractivity contribution < 1.29 is 38.9 Å². The number of hydrogen-bond acceptors (Lipinski definition) is 8. The van der Waals surface area contributed by atoms with E-state index in [9.17, 15) is 24.3 Å². The molecule has 0 radical (unpaired) electrons. The summed E-state index contributed by atoms with van der Waals surface area (Å²) in [6, 6.07) is 6.33. The molecule has 3 aliphatic rings. The molecule has 0 aliphatic carbocycles. The summed E-state index contributed by atoms with van der Waals surface area (Å²) in [5.74, 6) is -1.37. The third-order valence-corrected chi connectivity index (χ3v) is 8.52. The molecular formula is C32H47N5O8. The summed E-state index contributed by atoms with van der Waals surface area (Å²) < 4.78 is 5.95. The lowest BCUT2D eigenvalue weighted by atomic mass is 9.97. The number of benzene rings is 1. The van der Waals surface area contributed by atoms with E-state index in [0.29, 0.717) is 39.0 Å². The number of nitrogens with one attached hydrogen (secondary N) is 2. The van der Waals surface area contributed by atoms with E-state index in [1.165, 1.54) is 4.90 Å². The van der Waals surface area contributed by atoms with Gasteiger partial charge in [0.2, 0.25) is 23.6 Å². The summed E-state index contributed by atoms with van der Waals surface area (Å²) >= 11 is 0. The smallest absolute Gasteiger partial charge is 0.290 e. The first kappa shape index (κ1) is 35.7. The maximum Gasteiger partial charge on any atom is 0.290 e. The third-order valence-electron chi connectivity index (χ3n) is 8.52. The van der Waals surface area contributed by atoms with Crippen LogP contribution < -0.4 is 10.6 Å². The molecule has 1 aromatic carbocycles. The van der Waals surface area contributed by atoms with Crippen molar-refractivity contribution in [2.24, 2.45) is 0 Å². The molecule has 4 rings (SSSR count). The van der Waals surface area contributed by atoms with Crippen LogP contribution in [-0.4, -0.2) is 131 Å². The molecular weight excluding hydrogens is 582 g/mol. The molecule has 4 N–H and O–H groups in total. The molecule has 0 saturated carbocycles. The van der Waals surface area contributed by atoms with Gasteiger partial charge in [0.25, 0.3) is 6.47 Å². The first-order chi connectivity index (χ1) is 21.5. The Morgan fingerprint density at radius 1 is 1.07 bits per heavy atom. The summed E-state index contributed by atoms with van der Waals surface area (Å²) in [5, 5.41) is 24.0. The van der Waals surface area contributed by atoms with Gasteiger partial charge in [-0.3, -0.25) is 28.9 Å². The Morgan fingerprint density at radius 2 is 1.76 bits per heavy atom. The molecule has 45 heavy (non-hydrogen) atoms. The highest BCUT2D eigenvalue weighted by molar-refractivity contribution is 5.94. The van der Waals surface area contributed by atoms with Crippen molar-refractivity contribution in [3.63, 3.8) is 0 Å². The number of aliphatic hydroxyl groups is 1. The first-order valence-electron chi connectivity index (χ1n) is 15.4. The van der Waals surface area contributed by atoms with E-state index < -0.39 is 48.2 Å². The summed E-state index contributed by atoms with van der Waals surface area (Å²) in [5.41, 5.74) is 1.95. The Balaban J connectivity index is 0.00000177. The number of carbonyl (C=O) groups excluding carboxylic acids is 4. The second-order valence-corrected chi connectivity index (χ2v) is 12.0. The van der Waals surface area contributed by atoms with Crippen LogP contribution in [0.25, 0.3) is 0 Å². The number of hydrogen-bond donors (Lipinski definition) is 4. The average molecular weight is 630 g/mol. The van der Waals surface area contributed by atoms with E-state index in [2.05, 4.69) is 10.6 Å². The van der Waals surface area contributed by atoms with Gasteiger partial charge >= 0.3 is 0 Å². The zero-order chi connectivity index (χ0) is 33.1. The molecule has 0 aromatic heterocycles. The normalized spacial score (nSPS) is 28.6. The van der Waals surface area contributed by atoms with Crippen LogP contribution in [0.5, 0.6) is 0 Å². The number of likely N-dealkylation sites (N-methyl/N-ethyl adjacent to an activating group) is 1. The second kappa shape index (κ2) is 17.0. The van der Waals surface area contributed by atoms with Crippen LogP contribution in [0.1, 0.15) is 45.6 Å². The fourth-order valence-electron chi connectivity index (χ4n) is 5.80. The summed E-state index contributed by atoms with van der Waals surface area (Å²) in [6.45, 7) is 6.91. The van der Waals surface area contributed by atoms with Crippen LogP contribution in [0.2, 0.25) is 0 Å². The zero-order valence-corrected chi connectivity index (χ0v) is 26.6. The number of amides is 4. The maximum absolute atomic E-state index is 13.6. The van der Waals surface area contributed by atoms with Crippen LogP contribution in [0.3, 0.4) is 0 Å².